The molecule has 0 aliphatic carbocycles. The summed E-state index contributed by atoms with van der Waals surface area (Å²) in [7, 11) is -1.49. The Labute approximate surface area is 95.5 Å². The molecule has 0 spiro atoms. The van der Waals surface area contributed by atoms with E-state index in [0.29, 0.717) is 6.90 Å². The lowest BCUT2D eigenvalue weighted by Gasteiger charge is -2.45. The SMILES string of the molecule is [3H]CC(C)(C)[Si](C)(C)C(CCC)[Si](C)C. The minimum atomic E-state index is -1.29. The quantitative estimate of drug-likeness (QED) is 0.600. The van der Waals surface area contributed by atoms with E-state index in [1.165, 1.54) is 12.8 Å². The molecule has 2 heteroatoms. The Balaban J connectivity index is 4.93. The van der Waals surface area contributed by atoms with E-state index >= 15 is 0 Å². The van der Waals surface area contributed by atoms with Crippen LogP contribution in [-0.4, -0.2) is 16.9 Å². The van der Waals surface area contributed by atoms with Crippen LogP contribution in [0.2, 0.25) is 36.4 Å². The normalized spacial score (nSPS) is 17.0. The first-order valence-electron chi connectivity index (χ1n) is 6.50. The minimum Gasteiger partial charge on any atom is -0.0713 e. The van der Waals surface area contributed by atoms with Gasteiger partial charge in [0, 0.05) is 10.2 Å². The fourth-order valence-electron chi connectivity index (χ4n) is 2.13. The maximum atomic E-state index is 7.77. The number of hydrogen-bond donors (Lipinski definition) is 0. The molecule has 0 nitrogen and oxygen atoms in total. The van der Waals surface area contributed by atoms with Crippen molar-refractivity contribution in [3.63, 3.8) is 0 Å². The highest BCUT2D eigenvalue weighted by Gasteiger charge is 2.42. The van der Waals surface area contributed by atoms with Crippen LogP contribution in [-0.2, 0) is 0 Å². The van der Waals surface area contributed by atoms with E-state index in [2.05, 4.69) is 47.0 Å². The second-order valence-electron chi connectivity index (χ2n) is 6.02. The number of rotatable bonds is 4. The maximum Gasteiger partial charge on any atom is 0.0530 e. The van der Waals surface area contributed by atoms with Crippen molar-refractivity contribution in [2.45, 2.75) is 76.9 Å². The molecule has 85 valence electrons. The zero-order valence-corrected chi connectivity index (χ0v) is 13.2. The van der Waals surface area contributed by atoms with E-state index in [4.69, 9.17) is 1.37 Å². The zero-order valence-electron chi connectivity index (χ0n) is 12.2. The Morgan fingerprint density at radius 3 is 2.14 bits per heavy atom. The largest absolute Gasteiger partial charge is 0.0713 e. The third-order valence-electron chi connectivity index (χ3n) is 3.89. The van der Waals surface area contributed by atoms with Crippen molar-refractivity contribution in [1.29, 1.82) is 0 Å². The van der Waals surface area contributed by atoms with Gasteiger partial charge in [-0.1, -0.05) is 71.9 Å². The lowest BCUT2D eigenvalue weighted by Crippen LogP contribution is -2.46. The fraction of sp³-hybridized carbons (Fsp3) is 1.00. The van der Waals surface area contributed by atoms with Gasteiger partial charge in [0.25, 0.3) is 0 Å². The first kappa shape index (κ1) is 12.5. The van der Waals surface area contributed by atoms with Crippen LogP contribution in [0.25, 0.3) is 0 Å². The standard InChI is InChI=1S/C12H29Si2/c1-9-10-11(13(5)6)14(7,8)12(2,3)4/h11H,9-10H2,1-8H3/i2T. The van der Waals surface area contributed by atoms with Gasteiger partial charge in [-0.25, -0.2) is 0 Å². The minimum absolute atomic E-state index is 0.206. The summed E-state index contributed by atoms with van der Waals surface area (Å²) < 4.78 is 7.77. The monoisotopic (exact) mass is 231 g/mol. The smallest absolute Gasteiger partial charge is 0.0530 e. The zero-order chi connectivity index (χ0) is 12.3. The van der Waals surface area contributed by atoms with Crippen LogP contribution in [0.3, 0.4) is 0 Å². The summed E-state index contributed by atoms with van der Waals surface area (Å²) in [5.74, 6) is 0. The molecule has 0 saturated carbocycles. The molecule has 1 radical (unpaired) electrons. The van der Waals surface area contributed by atoms with Crippen LogP contribution in [0.1, 0.15) is 41.9 Å². The Morgan fingerprint density at radius 1 is 1.36 bits per heavy atom. The molecule has 0 fully saturated rings. The molecule has 0 aliphatic heterocycles. The molecule has 0 saturated heterocycles. The van der Waals surface area contributed by atoms with Gasteiger partial charge in [-0.15, -0.1) is 0 Å². The van der Waals surface area contributed by atoms with Crippen LogP contribution in [0, 0.1) is 0 Å². The third-order valence-corrected chi connectivity index (χ3v) is 15.0. The predicted molar refractivity (Wildman–Crippen MR) is 73.3 cm³/mol. The summed E-state index contributed by atoms with van der Waals surface area (Å²) in [4.78, 5) is 0. The van der Waals surface area contributed by atoms with Crippen molar-refractivity contribution in [2.24, 2.45) is 0 Å². The van der Waals surface area contributed by atoms with Crippen molar-refractivity contribution >= 4 is 16.9 Å². The molecule has 0 rings (SSSR count). The molecular weight excluding hydrogens is 200 g/mol. The topological polar surface area (TPSA) is 0 Å². The molecule has 0 heterocycles. The Kier molecular flexibility index (Phi) is 4.44. The average molecular weight is 232 g/mol. The summed E-state index contributed by atoms with van der Waals surface area (Å²) in [5.41, 5.74) is 0. The molecule has 0 aromatic heterocycles. The predicted octanol–water partition coefficient (Wildman–Crippen LogP) is 4.96. The van der Waals surface area contributed by atoms with Gasteiger partial charge in [0.05, 0.1) is 8.07 Å². The van der Waals surface area contributed by atoms with Crippen LogP contribution >= 0.6 is 0 Å². The van der Waals surface area contributed by atoms with E-state index in [1.807, 2.05) is 0 Å². The molecule has 14 heavy (non-hydrogen) atoms. The fourth-order valence-corrected chi connectivity index (χ4v) is 11.9. The van der Waals surface area contributed by atoms with Crippen molar-refractivity contribution in [3.05, 3.63) is 0 Å². The van der Waals surface area contributed by atoms with Crippen molar-refractivity contribution in [1.82, 2.24) is 0 Å². The van der Waals surface area contributed by atoms with Crippen LogP contribution in [0.5, 0.6) is 0 Å². The first-order chi connectivity index (χ1) is 6.70. The van der Waals surface area contributed by atoms with E-state index in [-0.39, 0.29) is 13.8 Å². The van der Waals surface area contributed by atoms with Crippen LogP contribution in [0.15, 0.2) is 0 Å². The van der Waals surface area contributed by atoms with E-state index in [0.717, 1.165) is 5.16 Å². The summed E-state index contributed by atoms with van der Waals surface area (Å²) in [6, 6.07) is 0. The lowest BCUT2D eigenvalue weighted by atomic mass is 10.2. The molecule has 1 unspecified atom stereocenters. The highest BCUT2D eigenvalue weighted by molar-refractivity contribution is 6.91. The summed E-state index contributed by atoms with van der Waals surface area (Å²) in [5, 5.41) is 1.24. The first-order valence-corrected chi connectivity index (χ1v) is 11.5. The summed E-state index contributed by atoms with van der Waals surface area (Å²) in [6.07, 6.45) is 2.70. The average Bonchev–Trinajstić information content (AvgIpc) is 2.12. The summed E-state index contributed by atoms with van der Waals surface area (Å²) in [6.45, 7) is 17.5. The Hall–Kier alpha value is 0.434. The molecule has 0 bridgehead atoms. The highest BCUT2D eigenvalue weighted by atomic mass is 28.4. The van der Waals surface area contributed by atoms with Gasteiger partial charge < -0.3 is 0 Å². The third kappa shape index (κ3) is 3.23. The van der Waals surface area contributed by atoms with Gasteiger partial charge in [-0.2, -0.15) is 0 Å². The van der Waals surface area contributed by atoms with E-state index in [1.54, 1.807) is 0 Å². The molecule has 0 N–H and O–H groups in total. The van der Waals surface area contributed by atoms with Gasteiger partial charge in [-0.3, -0.25) is 0 Å². The van der Waals surface area contributed by atoms with Gasteiger partial charge >= 0.3 is 0 Å². The summed E-state index contributed by atoms with van der Waals surface area (Å²) >= 11 is 0. The molecular formula is C12H29Si2. The Bertz CT molecular complexity index is 188. The van der Waals surface area contributed by atoms with Gasteiger partial charge in [0.2, 0.25) is 0 Å². The van der Waals surface area contributed by atoms with Crippen molar-refractivity contribution < 1.29 is 1.37 Å². The van der Waals surface area contributed by atoms with Gasteiger partial charge in [0.1, 0.15) is 0 Å². The van der Waals surface area contributed by atoms with Crippen molar-refractivity contribution in [2.75, 3.05) is 0 Å². The molecule has 1 atom stereocenters. The lowest BCUT2D eigenvalue weighted by molar-refractivity contribution is 0.687. The maximum absolute atomic E-state index is 7.77. The molecule has 0 amide bonds. The second-order valence-corrected chi connectivity index (χ2v) is 14.9. The molecule has 0 aromatic rings. The van der Waals surface area contributed by atoms with Crippen LogP contribution in [0.4, 0.5) is 0 Å². The molecule has 0 aliphatic rings. The van der Waals surface area contributed by atoms with Gasteiger partial charge in [0.15, 0.2) is 0 Å². The van der Waals surface area contributed by atoms with Crippen molar-refractivity contribution in [3.8, 4) is 0 Å². The van der Waals surface area contributed by atoms with Gasteiger partial charge in [-0.05, 0) is 5.04 Å². The number of hydrogen-bond acceptors (Lipinski definition) is 0. The van der Waals surface area contributed by atoms with E-state index in [9.17, 15) is 0 Å². The van der Waals surface area contributed by atoms with E-state index < -0.39 is 8.07 Å². The highest BCUT2D eigenvalue weighted by Crippen LogP contribution is 2.46. The van der Waals surface area contributed by atoms with Crippen LogP contribution < -0.4 is 0 Å². The Morgan fingerprint density at radius 2 is 1.86 bits per heavy atom. The molecule has 0 aromatic carbocycles. The second kappa shape index (κ2) is 4.97.